The summed E-state index contributed by atoms with van der Waals surface area (Å²) in [5.41, 5.74) is 1.67. The van der Waals surface area contributed by atoms with E-state index in [0.29, 0.717) is 31.8 Å². The lowest BCUT2D eigenvalue weighted by Crippen LogP contribution is -2.34. The largest absolute Gasteiger partial charge is 0.497 e. The quantitative estimate of drug-likeness (QED) is 0.475. The first-order valence-corrected chi connectivity index (χ1v) is 10.4. The van der Waals surface area contributed by atoms with Gasteiger partial charge in [0.2, 0.25) is 0 Å². The van der Waals surface area contributed by atoms with Gasteiger partial charge in [0.1, 0.15) is 11.6 Å². The number of hydrogen-bond acceptors (Lipinski definition) is 6. The highest BCUT2D eigenvalue weighted by atomic mass is 19.1. The SMILES string of the molecule is CCOC(=O)CCN(Cc1ccc(OC)cc1)CC(C(=O)OCC)c1ccc(F)cc1. The average Bonchev–Trinajstić information content (AvgIpc) is 2.77. The zero-order chi connectivity index (χ0) is 22.6. The first kappa shape index (κ1) is 24.3. The molecular formula is C24H30FNO5. The molecule has 168 valence electrons. The molecule has 0 aliphatic carbocycles. The lowest BCUT2D eigenvalue weighted by atomic mass is 9.98. The van der Waals surface area contributed by atoms with Crippen molar-refractivity contribution in [3.8, 4) is 5.75 Å². The fourth-order valence-corrected chi connectivity index (χ4v) is 3.22. The van der Waals surface area contributed by atoms with Gasteiger partial charge in [0.15, 0.2) is 0 Å². The fourth-order valence-electron chi connectivity index (χ4n) is 3.22. The van der Waals surface area contributed by atoms with Crippen LogP contribution in [0, 0.1) is 5.82 Å². The van der Waals surface area contributed by atoms with Gasteiger partial charge in [-0.05, 0) is 49.2 Å². The number of methoxy groups -OCH3 is 1. The summed E-state index contributed by atoms with van der Waals surface area (Å²) in [6, 6.07) is 13.4. The van der Waals surface area contributed by atoms with E-state index >= 15 is 0 Å². The van der Waals surface area contributed by atoms with Crippen LogP contribution in [0.5, 0.6) is 5.75 Å². The molecular weight excluding hydrogens is 401 g/mol. The number of halogens is 1. The molecule has 0 spiro atoms. The highest BCUT2D eigenvalue weighted by molar-refractivity contribution is 5.78. The van der Waals surface area contributed by atoms with Crippen molar-refractivity contribution >= 4 is 11.9 Å². The highest BCUT2D eigenvalue weighted by Gasteiger charge is 2.25. The number of hydrogen-bond donors (Lipinski definition) is 0. The van der Waals surface area contributed by atoms with Crippen LogP contribution in [0.3, 0.4) is 0 Å². The van der Waals surface area contributed by atoms with E-state index in [4.69, 9.17) is 14.2 Å². The van der Waals surface area contributed by atoms with E-state index in [1.807, 2.05) is 29.2 Å². The molecule has 0 saturated heterocycles. The Morgan fingerprint density at radius 2 is 1.61 bits per heavy atom. The van der Waals surface area contributed by atoms with Gasteiger partial charge >= 0.3 is 11.9 Å². The molecule has 2 rings (SSSR count). The summed E-state index contributed by atoms with van der Waals surface area (Å²) in [5, 5.41) is 0. The molecule has 0 fully saturated rings. The van der Waals surface area contributed by atoms with Gasteiger partial charge in [-0.1, -0.05) is 24.3 Å². The van der Waals surface area contributed by atoms with Crippen LogP contribution in [0.4, 0.5) is 4.39 Å². The summed E-state index contributed by atoms with van der Waals surface area (Å²) in [5.74, 6) is -0.913. The van der Waals surface area contributed by atoms with Gasteiger partial charge in [-0.15, -0.1) is 0 Å². The number of nitrogens with zero attached hydrogens (tertiary/aromatic N) is 1. The Kier molecular flexibility index (Phi) is 9.97. The second-order valence-electron chi connectivity index (χ2n) is 6.99. The van der Waals surface area contributed by atoms with E-state index < -0.39 is 5.92 Å². The van der Waals surface area contributed by atoms with Crippen LogP contribution in [0.1, 0.15) is 37.3 Å². The van der Waals surface area contributed by atoms with Crippen LogP contribution in [-0.2, 0) is 25.6 Å². The van der Waals surface area contributed by atoms with Gasteiger partial charge in [0.05, 0.1) is 32.7 Å². The predicted molar refractivity (Wildman–Crippen MR) is 115 cm³/mol. The van der Waals surface area contributed by atoms with Crippen molar-refractivity contribution < 1.29 is 28.2 Å². The van der Waals surface area contributed by atoms with Crippen molar-refractivity contribution in [1.29, 1.82) is 0 Å². The molecule has 6 nitrogen and oxygen atoms in total. The van der Waals surface area contributed by atoms with Crippen molar-refractivity contribution in [2.24, 2.45) is 0 Å². The lowest BCUT2D eigenvalue weighted by molar-refractivity contribution is -0.145. The van der Waals surface area contributed by atoms with Crippen molar-refractivity contribution in [3.05, 3.63) is 65.5 Å². The second-order valence-corrected chi connectivity index (χ2v) is 6.99. The summed E-state index contributed by atoms with van der Waals surface area (Å²) in [4.78, 5) is 26.6. The molecule has 31 heavy (non-hydrogen) atoms. The minimum Gasteiger partial charge on any atom is -0.497 e. The maximum atomic E-state index is 13.4. The molecule has 7 heteroatoms. The fraction of sp³-hybridized carbons (Fsp3) is 0.417. The van der Waals surface area contributed by atoms with E-state index in [0.717, 1.165) is 11.3 Å². The third-order valence-electron chi connectivity index (χ3n) is 4.79. The van der Waals surface area contributed by atoms with Gasteiger partial charge in [0.25, 0.3) is 0 Å². The summed E-state index contributed by atoms with van der Waals surface area (Å²) in [6.07, 6.45) is 0.197. The van der Waals surface area contributed by atoms with Crippen molar-refractivity contribution in [2.75, 3.05) is 33.4 Å². The zero-order valence-corrected chi connectivity index (χ0v) is 18.3. The molecule has 2 aromatic rings. The van der Waals surface area contributed by atoms with Gasteiger partial charge in [-0.25, -0.2) is 4.39 Å². The number of carbonyl (C=O) groups is 2. The highest BCUT2D eigenvalue weighted by Crippen LogP contribution is 2.22. The first-order valence-electron chi connectivity index (χ1n) is 10.4. The van der Waals surface area contributed by atoms with Crippen molar-refractivity contribution in [2.45, 2.75) is 32.7 Å². The Bertz CT molecular complexity index is 823. The Hall–Kier alpha value is -2.93. The number of benzene rings is 2. The molecule has 0 amide bonds. The zero-order valence-electron chi connectivity index (χ0n) is 18.3. The Balaban J connectivity index is 2.23. The summed E-state index contributed by atoms with van der Waals surface area (Å²) in [7, 11) is 1.60. The predicted octanol–water partition coefficient (Wildman–Crippen LogP) is 3.94. The van der Waals surface area contributed by atoms with Gasteiger partial charge in [0, 0.05) is 19.6 Å². The summed E-state index contributed by atoms with van der Waals surface area (Å²) < 4.78 is 28.9. The number of esters is 2. The molecule has 0 aliphatic rings. The maximum Gasteiger partial charge on any atom is 0.314 e. The van der Waals surface area contributed by atoms with Crippen LogP contribution in [0.15, 0.2) is 48.5 Å². The van der Waals surface area contributed by atoms with E-state index in [1.54, 1.807) is 33.1 Å². The molecule has 2 aromatic carbocycles. The standard InChI is InChI=1S/C24H30FNO5/c1-4-30-23(27)14-15-26(16-18-6-12-21(29-3)13-7-18)17-22(24(28)31-5-2)19-8-10-20(25)11-9-19/h6-13,22H,4-5,14-17H2,1-3H3. The third-order valence-corrected chi connectivity index (χ3v) is 4.79. The van der Waals surface area contributed by atoms with Crippen LogP contribution in [-0.4, -0.2) is 50.3 Å². The van der Waals surface area contributed by atoms with E-state index in [2.05, 4.69) is 0 Å². The van der Waals surface area contributed by atoms with Crippen LogP contribution < -0.4 is 4.74 Å². The van der Waals surface area contributed by atoms with Crippen molar-refractivity contribution in [3.63, 3.8) is 0 Å². The van der Waals surface area contributed by atoms with Gasteiger partial charge in [-0.2, -0.15) is 0 Å². The minimum absolute atomic E-state index is 0.197. The number of rotatable bonds is 12. The third kappa shape index (κ3) is 8.02. The Morgan fingerprint density at radius 3 is 2.19 bits per heavy atom. The molecule has 0 heterocycles. The van der Waals surface area contributed by atoms with Crippen LogP contribution in [0.25, 0.3) is 0 Å². The minimum atomic E-state index is -0.610. The second kappa shape index (κ2) is 12.7. The van der Waals surface area contributed by atoms with E-state index in [-0.39, 0.29) is 30.8 Å². The molecule has 0 radical (unpaired) electrons. The average molecular weight is 432 g/mol. The normalized spacial score (nSPS) is 11.8. The Labute approximate surface area is 182 Å². The monoisotopic (exact) mass is 431 g/mol. The Morgan fingerprint density at radius 1 is 0.968 bits per heavy atom. The summed E-state index contributed by atoms with van der Waals surface area (Å²) in [6.45, 7) is 5.31. The van der Waals surface area contributed by atoms with Crippen molar-refractivity contribution in [1.82, 2.24) is 4.90 Å². The smallest absolute Gasteiger partial charge is 0.314 e. The summed E-state index contributed by atoms with van der Waals surface area (Å²) >= 11 is 0. The van der Waals surface area contributed by atoms with E-state index in [9.17, 15) is 14.0 Å². The lowest BCUT2D eigenvalue weighted by Gasteiger charge is -2.27. The molecule has 0 N–H and O–H groups in total. The number of carbonyl (C=O) groups excluding carboxylic acids is 2. The molecule has 1 unspecified atom stereocenters. The maximum absolute atomic E-state index is 13.4. The van der Waals surface area contributed by atoms with Gasteiger partial charge in [-0.3, -0.25) is 14.5 Å². The van der Waals surface area contributed by atoms with Gasteiger partial charge < -0.3 is 14.2 Å². The molecule has 0 aromatic heterocycles. The first-order chi connectivity index (χ1) is 15.0. The molecule has 1 atom stereocenters. The topological polar surface area (TPSA) is 65.1 Å². The molecule has 0 saturated carbocycles. The molecule has 0 bridgehead atoms. The number of ether oxygens (including phenoxy) is 3. The van der Waals surface area contributed by atoms with Crippen LogP contribution >= 0.6 is 0 Å². The van der Waals surface area contributed by atoms with Crippen LogP contribution in [0.2, 0.25) is 0 Å². The molecule has 0 aliphatic heterocycles. The van der Waals surface area contributed by atoms with E-state index in [1.165, 1.54) is 12.1 Å².